The van der Waals surface area contributed by atoms with E-state index in [0.717, 1.165) is 0 Å². The van der Waals surface area contributed by atoms with Gasteiger partial charge in [-0.15, -0.1) is 0 Å². The fourth-order valence-electron chi connectivity index (χ4n) is 3.13. The highest BCUT2D eigenvalue weighted by Crippen LogP contribution is 2.38. The van der Waals surface area contributed by atoms with Crippen LogP contribution in [0.3, 0.4) is 0 Å². The Balaban J connectivity index is 1.62. The van der Waals surface area contributed by atoms with Gasteiger partial charge >= 0.3 is 0 Å². The highest BCUT2D eigenvalue weighted by molar-refractivity contribution is 6.32. The lowest BCUT2D eigenvalue weighted by Gasteiger charge is -2.27. The van der Waals surface area contributed by atoms with Gasteiger partial charge in [-0.1, -0.05) is 23.2 Å². The molecule has 2 aromatic rings. The number of rotatable bonds is 8. The molecule has 0 unspecified atom stereocenters. The largest absolute Gasteiger partial charge is 0.497 e. The lowest BCUT2D eigenvalue weighted by atomic mass is 9.94. The number of aliphatic hydroxyl groups excluding tert-OH is 2. The summed E-state index contributed by atoms with van der Waals surface area (Å²) in [6, 6.07) is 9.93. The summed E-state index contributed by atoms with van der Waals surface area (Å²) in [6.07, 6.45) is -3.27. The SMILES string of the molecule is COc1ccc(OCC[C@@]2(C)O[C@H](Oc3ccc(OC)cc3Cl)[C@@H](O)[C@H]2O)c(Cl)c1. The van der Waals surface area contributed by atoms with E-state index in [9.17, 15) is 10.2 Å². The van der Waals surface area contributed by atoms with Crippen LogP contribution in [-0.2, 0) is 4.74 Å². The molecule has 2 N–H and O–H groups in total. The minimum Gasteiger partial charge on any atom is -0.497 e. The Labute approximate surface area is 185 Å². The first-order valence-corrected chi connectivity index (χ1v) is 10.0. The molecule has 0 amide bonds. The number of halogens is 2. The Morgan fingerprint density at radius 3 is 2.07 bits per heavy atom. The van der Waals surface area contributed by atoms with E-state index in [4.69, 9.17) is 46.9 Å². The molecule has 2 aromatic carbocycles. The zero-order chi connectivity index (χ0) is 21.9. The number of methoxy groups -OCH3 is 2. The highest BCUT2D eigenvalue weighted by Gasteiger charge is 2.52. The Bertz CT molecular complexity index is 878. The van der Waals surface area contributed by atoms with Crippen molar-refractivity contribution in [1.29, 1.82) is 0 Å². The van der Waals surface area contributed by atoms with Crippen molar-refractivity contribution in [3.63, 3.8) is 0 Å². The van der Waals surface area contributed by atoms with Crippen molar-refractivity contribution in [1.82, 2.24) is 0 Å². The molecule has 0 aliphatic carbocycles. The first-order valence-electron chi connectivity index (χ1n) is 9.28. The molecular weight excluding hydrogens is 435 g/mol. The molecule has 1 aliphatic heterocycles. The van der Waals surface area contributed by atoms with Gasteiger partial charge in [0.2, 0.25) is 6.29 Å². The Kier molecular flexibility index (Phi) is 7.21. The average Bonchev–Trinajstić information content (AvgIpc) is 2.94. The van der Waals surface area contributed by atoms with Gasteiger partial charge in [0.05, 0.1) is 30.9 Å². The summed E-state index contributed by atoms with van der Waals surface area (Å²) in [5, 5.41) is 21.7. The molecule has 1 saturated heterocycles. The zero-order valence-electron chi connectivity index (χ0n) is 16.8. The minimum absolute atomic E-state index is 0.197. The van der Waals surface area contributed by atoms with Crippen LogP contribution in [0, 0.1) is 0 Å². The van der Waals surface area contributed by atoms with Gasteiger partial charge in [-0.05, 0) is 31.2 Å². The topological polar surface area (TPSA) is 86.6 Å². The lowest BCUT2D eigenvalue weighted by Crippen LogP contribution is -2.41. The number of benzene rings is 2. The van der Waals surface area contributed by atoms with E-state index in [1.54, 1.807) is 50.4 Å². The van der Waals surface area contributed by atoms with Crippen molar-refractivity contribution in [2.75, 3.05) is 20.8 Å². The number of ether oxygens (including phenoxy) is 5. The first-order chi connectivity index (χ1) is 14.3. The summed E-state index contributed by atoms with van der Waals surface area (Å²) in [5.41, 5.74) is -1.10. The molecule has 3 rings (SSSR count). The van der Waals surface area contributed by atoms with Crippen LogP contribution in [-0.4, -0.2) is 55.1 Å². The fraction of sp³-hybridized carbons (Fsp3) is 0.429. The molecule has 1 aliphatic rings. The van der Waals surface area contributed by atoms with Gasteiger partial charge in [-0.3, -0.25) is 0 Å². The van der Waals surface area contributed by atoms with E-state index in [1.165, 1.54) is 7.11 Å². The van der Waals surface area contributed by atoms with E-state index in [0.29, 0.717) is 33.0 Å². The molecule has 0 bridgehead atoms. The molecule has 1 heterocycles. The standard InChI is InChI=1S/C21H24Cl2O7/c1-21(8-9-28-16-6-4-12(26-2)10-14(16)22)19(25)18(24)20(30-21)29-17-7-5-13(27-3)11-15(17)23/h4-7,10-11,18-20,24-25H,8-9H2,1-3H3/t18-,19+,20-,21+/m0/s1. The predicted octanol–water partition coefficient (Wildman–Crippen LogP) is 3.70. The Morgan fingerprint density at radius 2 is 1.53 bits per heavy atom. The second-order valence-electron chi connectivity index (χ2n) is 7.04. The predicted molar refractivity (Wildman–Crippen MR) is 112 cm³/mol. The Hall–Kier alpha value is -1.90. The van der Waals surface area contributed by atoms with Crippen LogP contribution in [0.25, 0.3) is 0 Å². The lowest BCUT2D eigenvalue weighted by molar-refractivity contribution is -0.145. The van der Waals surface area contributed by atoms with E-state index < -0.39 is 24.1 Å². The van der Waals surface area contributed by atoms with E-state index in [1.807, 2.05) is 0 Å². The molecule has 164 valence electrons. The second kappa shape index (κ2) is 9.49. The molecule has 0 saturated carbocycles. The van der Waals surface area contributed by atoms with Gasteiger partial charge in [-0.25, -0.2) is 0 Å². The third-order valence-electron chi connectivity index (χ3n) is 4.99. The molecular formula is C21H24Cl2O7. The number of hydrogen-bond acceptors (Lipinski definition) is 7. The van der Waals surface area contributed by atoms with Crippen molar-refractivity contribution in [3.8, 4) is 23.0 Å². The summed E-state index contributed by atoms with van der Waals surface area (Å²) in [4.78, 5) is 0. The minimum atomic E-state index is -1.27. The van der Waals surface area contributed by atoms with E-state index in [-0.39, 0.29) is 13.0 Å². The van der Waals surface area contributed by atoms with Crippen LogP contribution < -0.4 is 18.9 Å². The average molecular weight is 459 g/mol. The van der Waals surface area contributed by atoms with E-state index in [2.05, 4.69) is 0 Å². The summed E-state index contributed by atoms with van der Waals surface area (Å²) in [7, 11) is 3.08. The molecule has 1 fully saturated rings. The molecule has 0 aromatic heterocycles. The fourth-order valence-corrected chi connectivity index (χ4v) is 3.57. The van der Waals surface area contributed by atoms with Crippen LogP contribution in [0.4, 0.5) is 0 Å². The summed E-state index contributed by atoms with van der Waals surface area (Å²) in [6.45, 7) is 1.88. The van der Waals surface area contributed by atoms with Gasteiger partial charge in [0.15, 0.2) is 0 Å². The molecule has 30 heavy (non-hydrogen) atoms. The van der Waals surface area contributed by atoms with Crippen LogP contribution in [0.5, 0.6) is 23.0 Å². The number of aliphatic hydroxyl groups is 2. The monoisotopic (exact) mass is 458 g/mol. The smallest absolute Gasteiger partial charge is 0.229 e. The zero-order valence-corrected chi connectivity index (χ0v) is 18.3. The van der Waals surface area contributed by atoms with Gasteiger partial charge in [-0.2, -0.15) is 0 Å². The third kappa shape index (κ3) is 4.87. The van der Waals surface area contributed by atoms with Gasteiger partial charge in [0.1, 0.15) is 40.8 Å². The van der Waals surface area contributed by atoms with E-state index >= 15 is 0 Å². The van der Waals surface area contributed by atoms with Crippen molar-refractivity contribution in [2.24, 2.45) is 0 Å². The molecule has 7 nitrogen and oxygen atoms in total. The quantitative estimate of drug-likeness (QED) is 0.623. The third-order valence-corrected chi connectivity index (χ3v) is 5.58. The normalized spacial score (nSPS) is 25.8. The Morgan fingerprint density at radius 1 is 0.967 bits per heavy atom. The summed E-state index contributed by atoms with van der Waals surface area (Å²) < 4.78 is 27.5. The van der Waals surface area contributed by atoms with Crippen LogP contribution in [0.15, 0.2) is 36.4 Å². The summed E-state index contributed by atoms with van der Waals surface area (Å²) >= 11 is 12.4. The molecule has 0 radical (unpaired) electrons. The van der Waals surface area contributed by atoms with Crippen molar-refractivity contribution < 1.29 is 33.9 Å². The van der Waals surface area contributed by atoms with Crippen molar-refractivity contribution >= 4 is 23.2 Å². The van der Waals surface area contributed by atoms with Crippen molar-refractivity contribution in [3.05, 3.63) is 46.4 Å². The first kappa shape index (κ1) is 22.8. The maximum absolute atomic E-state index is 10.5. The van der Waals surface area contributed by atoms with Crippen LogP contribution >= 0.6 is 23.2 Å². The maximum atomic E-state index is 10.5. The second-order valence-corrected chi connectivity index (χ2v) is 7.86. The van der Waals surface area contributed by atoms with Gasteiger partial charge in [0.25, 0.3) is 0 Å². The van der Waals surface area contributed by atoms with Crippen molar-refractivity contribution in [2.45, 2.75) is 37.4 Å². The van der Waals surface area contributed by atoms with Crippen LogP contribution in [0.1, 0.15) is 13.3 Å². The molecule has 4 atom stereocenters. The summed E-state index contributed by atoms with van der Waals surface area (Å²) in [5.74, 6) is 1.97. The number of hydrogen-bond donors (Lipinski definition) is 2. The highest BCUT2D eigenvalue weighted by atomic mass is 35.5. The molecule has 9 heteroatoms. The van der Waals surface area contributed by atoms with Gasteiger partial charge in [0, 0.05) is 18.6 Å². The molecule has 0 spiro atoms. The van der Waals surface area contributed by atoms with Gasteiger partial charge < -0.3 is 33.9 Å². The van der Waals surface area contributed by atoms with Crippen LogP contribution in [0.2, 0.25) is 10.0 Å². The maximum Gasteiger partial charge on any atom is 0.229 e.